The van der Waals surface area contributed by atoms with Gasteiger partial charge in [0.1, 0.15) is 5.75 Å². The van der Waals surface area contributed by atoms with Crippen molar-refractivity contribution >= 4 is 0 Å². The molecule has 0 amide bonds. The molecule has 0 saturated carbocycles. The zero-order valence-corrected chi connectivity index (χ0v) is 11.5. The highest BCUT2D eigenvalue weighted by Gasteiger charge is 2.13. The highest BCUT2D eigenvalue weighted by molar-refractivity contribution is 5.87. The maximum Gasteiger partial charge on any atom is 0.228 e. The van der Waals surface area contributed by atoms with Crippen molar-refractivity contribution in [1.82, 2.24) is 0 Å². The normalized spacial score (nSPS) is 10.3. The highest BCUT2D eigenvalue weighted by Crippen LogP contribution is 2.39. The van der Waals surface area contributed by atoms with Crippen LogP contribution >= 0.6 is 0 Å². The second-order valence-electron chi connectivity index (χ2n) is 4.66. The lowest BCUT2D eigenvalue weighted by Gasteiger charge is -2.15. The lowest BCUT2D eigenvalue weighted by atomic mass is 9.94. The summed E-state index contributed by atoms with van der Waals surface area (Å²) in [5.74, 6) is 0.560. The minimum absolute atomic E-state index is 0.560. The summed E-state index contributed by atoms with van der Waals surface area (Å²) in [5.41, 5.74) is 4.05. The van der Waals surface area contributed by atoms with Crippen LogP contribution in [0.5, 0.6) is 5.75 Å². The van der Waals surface area contributed by atoms with Crippen LogP contribution in [-0.4, -0.2) is 6.86 Å². The Morgan fingerprint density at radius 2 is 1.29 bits per heavy atom. The van der Waals surface area contributed by atoms with Gasteiger partial charge in [-0.2, -0.15) is 0 Å². The number of benzene rings is 3. The zero-order chi connectivity index (χ0) is 14.5. The molecular formula is C19H15FO. The largest absolute Gasteiger partial charge is 0.462 e. The first-order valence-electron chi connectivity index (χ1n) is 6.83. The molecule has 21 heavy (non-hydrogen) atoms. The van der Waals surface area contributed by atoms with Crippen LogP contribution in [0.15, 0.2) is 78.9 Å². The van der Waals surface area contributed by atoms with Crippen molar-refractivity contribution in [2.75, 3.05) is 6.86 Å². The van der Waals surface area contributed by atoms with Crippen molar-refractivity contribution in [3.63, 3.8) is 0 Å². The summed E-state index contributed by atoms with van der Waals surface area (Å²) in [7, 11) is 0. The van der Waals surface area contributed by atoms with Crippen molar-refractivity contribution < 1.29 is 9.13 Å². The van der Waals surface area contributed by atoms with E-state index in [1.807, 2.05) is 72.8 Å². The van der Waals surface area contributed by atoms with Crippen LogP contribution < -0.4 is 4.74 Å². The van der Waals surface area contributed by atoms with Gasteiger partial charge in [0.05, 0.1) is 0 Å². The van der Waals surface area contributed by atoms with Crippen LogP contribution in [0.2, 0.25) is 0 Å². The van der Waals surface area contributed by atoms with E-state index >= 15 is 0 Å². The second kappa shape index (κ2) is 6.23. The Labute approximate surface area is 123 Å². The first kappa shape index (κ1) is 13.4. The SMILES string of the molecule is FCOc1cccc(-c2ccccc2)c1-c1ccccc1. The minimum atomic E-state index is -0.835. The molecule has 0 unspecified atom stereocenters. The van der Waals surface area contributed by atoms with Gasteiger partial charge in [-0.05, 0) is 22.8 Å². The molecule has 0 aliphatic carbocycles. The van der Waals surface area contributed by atoms with E-state index in [1.165, 1.54) is 0 Å². The predicted molar refractivity (Wildman–Crippen MR) is 83.9 cm³/mol. The standard InChI is InChI=1S/C19H15FO/c20-14-21-18-13-7-12-17(15-8-3-1-4-9-15)19(18)16-10-5-2-6-11-16/h1-13H,14H2. The van der Waals surface area contributed by atoms with E-state index in [0.29, 0.717) is 5.75 Å². The number of rotatable bonds is 4. The van der Waals surface area contributed by atoms with Crippen LogP contribution in [0.3, 0.4) is 0 Å². The lowest BCUT2D eigenvalue weighted by Crippen LogP contribution is -1.95. The monoisotopic (exact) mass is 278 g/mol. The number of hydrogen-bond acceptors (Lipinski definition) is 1. The molecule has 0 aliphatic rings. The van der Waals surface area contributed by atoms with Gasteiger partial charge in [-0.3, -0.25) is 0 Å². The number of hydrogen-bond donors (Lipinski definition) is 0. The van der Waals surface area contributed by atoms with E-state index < -0.39 is 6.86 Å². The minimum Gasteiger partial charge on any atom is -0.462 e. The Morgan fingerprint density at radius 1 is 0.667 bits per heavy atom. The molecule has 3 aromatic carbocycles. The van der Waals surface area contributed by atoms with E-state index in [2.05, 4.69) is 0 Å². The van der Waals surface area contributed by atoms with Crippen molar-refractivity contribution in [3.05, 3.63) is 78.9 Å². The summed E-state index contributed by atoms with van der Waals surface area (Å²) in [6.45, 7) is -0.835. The van der Waals surface area contributed by atoms with E-state index in [1.54, 1.807) is 6.07 Å². The Bertz CT molecular complexity index is 708. The molecule has 0 fully saturated rings. The molecule has 0 aromatic heterocycles. The van der Waals surface area contributed by atoms with Gasteiger partial charge >= 0.3 is 0 Å². The van der Waals surface area contributed by atoms with Gasteiger partial charge in [-0.15, -0.1) is 0 Å². The lowest BCUT2D eigenvalue weighted by molar-refractivity contribution is 0.192. The van der Waals surface area contributed by atoms with E-state index in [9.17, 15) is 4.39 Å². The first-order chi connectivity index (χ1) is 10.4. The molecule has 0 aliphatic heterocycles. The summed E-state index contributed by atoms with van der Waals surface area (Å²) in [6.07, 6.45) is 0. The predicted octanol–water partition coefficient (Wildman–Crippen LogP) is 5.33. The molecule has 0 radical (unpaired) electrons. The molecular weight excluding hydrogens is 263 g/mol. The highest BCUT2D eigenvalue weighted by atomic mass is 19.1. The van der Waals surface area contributed by atoms with Gasteiger partial charge in [0.15, 0.2) is 0 Å². The summed E-state index contributed by atoms with van der Waals surface area (Å²) in [5, 5.41) is 0. The van der Waals surface area contributed by atoms with Crippen molar-refractivity contribution in [2.45, 2.75) is 0 Å². The molecule has 3 aromatic rings. The van der Waals surface area contributed by atoms with Crippen molar-refractivity contribution in [1.29, 1.82) is 0 Å². The average molecular weight is 278 g/mol. The van der Waals surface area contributed by atoms with Crippen LogP contribution in [0, 0.1) is 0 Å². The number of alkyl halides is 1. The van der Waals surface area contributed by atoms with Crippen LogP contribution in [-0.2, 0) is 0 Å². The fraction of sp³-hybridized carbons (Fsp3) is 0.0526. The molecule has 0 bridgehead atoms. The molecule has 0 spiro atoms. The van der Waals surface area contributed by atoms with E-state index in [-0.39, 0.29) is 0 Å². The topological polar surface area (TPSA) is 9.23 Å². The van der Waals surface area contributed by atoms with Crippen LogP contribution in [0.1, 0.15) is 0 Å². The molecule has 1 nitrogen and oxygen atoms in total. The number of ether oxygens (including phenoxy) is 1. The van der Waals surface area contributed by atoms with Gasteiger partial charge in [-0.25, -0.2) is 4.39 Å². The summed E-state index contributed by atoms with van der Waals surface area (Å²) < 4.78 is 17.9. The fourth-order valence-electron chi connectivity index (χ4n) is 2.47. The van der Waals surface area contributed by atoms with Gasteiger partial charge in [-0.1, -0.05) is 72.8 Å². The summed E-state index contributed by atoms with van der Waals surface area (Å²) in [6, 6.07) is 25.7. The third kappa shape index (κ3) is 2.79. The molecule has 2 heteroatoms. The van der Waals surface area contributed by atoms with Crippen molar-refractivity contribution in [3.8, 4) is 28.0 Å². The Balaban J connectivity index is 2.23. The third-order valence-corrected chi connectivity index (χ3v) is 3.38. The molecule has 0 N–H and O–H groups in total. The quantitative estimate of drug-likeness (QED) is 0.627. The molecule has 0 atom stereocenters. The molecule has 0 heterocycles. The Hall–Kier alpha value is -2.61. The van der Waals surface area contributed by atoms with Gasteiger partial charge in [0, 0.05) is 5.56 Å². The maximum absolute atomic E-state index is 12.7. The van der Waals surface area contributed by atoms with Gasteiger partial charge in [0.25, 0.3) is 0 Å². The molecule has 3 rings (SSSR count). The Morgan fingerprint density at radius 3 is 1.90 bits per heavy atom. The fourth-order valence-corrected chi connectivity index (χ4v) is 2.47. The van der Waals surface area contributed by atoms with E-state index in [4.69, 9.17) is 4.74 Å². The number of halogens is 1. The van der Waals surface area contributed by atoms with Crippen LogP contribution in [0.25, 0.3) is 22.3 Å². The van der Waals surface area contributed by atoms with Crippen LogP contribution in [0.4, 0.5) is 4.39 Å². The second-order valence-corrected chi connectivity index (χ2v) is 4.66. The third-order valence-electron chi connectivity index (χ3n) is 3.38. The zero-order valence-electron chi connectivity index (χ0n) is 11.5. The summed E-state index contributed by atoms with van der Waals surface area (Å²) >= 11 is 0. The van der Waals surface area contributed by atoms with Gasteiger partial charge in [0.2, 0.25) is 6.86 Å². The van der Waals surface area contributed by atoms with Gasteiger partial charge < -0.3 is 4.74 Å². The molecule has 104 valence electrons. The van der Waals surface area contributed by atoms with E-state index in [0.717, 1.165) is 22.3 Å². The van der Waals surface area contributed by atoms with Crippen molar-refractivity contribution in [2.24, 2.45) is 0 Å². The smallest absolute Gasteiger partial charge is 0.228 e. The maximum atomic E-state index is 12.7. The summed E-state index contributed by atoms with van der Waals surface area (Å²) in [4.78, 5) is 0. The molecule has 0 saturated heterocycles. The first-order valence-corrected chi connectivity index (χ1v) is 6.83. The average Bonchev–Trinajstić information content (AvgIpc) is 2.56. The Kier molecular flexibility index (Phi) is 3.97.